The Morgan fingerprint density at radius 3 is 2.13 bits per heavy atom. The lowest BCUT2D eigenvalue weighted by Gasteiger charge is -2.05. The maximum Gasteiger partial charge on any atom is 0.238 e. The average Bonchev–Trinajstić information content (AvgIpc) is 2.14. The quantitative estimate of drug-likeness (QED) is 0.854. The van der Waals surface area contributed by atoms with Crippen molar-refractivity contribution in [2.24, 2.45) is 11.1 Å². The molecule has 0 saturated heterocycles. The smallest absolute Gasteiger partial charge is 0.225 e. The Morgan fingerprint density at radius 1 is 1.20 bits per heavy atom. The highest BCUT2D eigenvalue weighted by molar-refractivity contribution is 7.89. The van der Waals surface area contributed by atoms with Gasteiger partial charge < -0.3 is 0 Å². The molecule has 0 aliphatic heterocycles. The van der Waals surface area contributed by atoms with Crippen LogP contribution in [0.25, 0.3) is 0 Å². The van der Waals surface area contributed by atoms with E-state index in [1.807, 2.05) is 12.1 Å². The van der Waals surface area contributed by atoms with Gasteiger partial charge in [0, 0.05) is 0 Å². The van der Waals surface area contributed by atoms with Crippen molar-refractivity contribution in [3.8, 4) is 0 Å². The third-order valence-corrected chi connectivity index (χ3v) is 3.19. The maximum absolute atomic E-state index is 11.0. The summed E-state index contributed by atoms with van der Waals surface area (Å²) in [5, 5.41) is 5.00. The van der Waals surface area contributed by atoms with Gasteiger partial charge >= 0.3 is 0 Å². The molecule has 0 bridgehead atoms. The highest BCUT2D eigenvalue weighted by Gasteiger charge is 2.06. The predicted octanol–water partition coefficient (Wildman–Crippen LogP) is 1.92. The highest BCUT2D eigenvalue weighted by Crippen LogP contribution is 2.12. The van der Waals surface area contributed by atoms with Crippen LogP contribution in [0.3, 0.4) is 0 Å². The minimum Gasteiger partial charge on any atom is -0.225 e. The zero-order valence-electron chi connectivity index (χ0n) is 9.10. The molecule has 0 aliphatic rings. The Balaban J connectivity index is 2.73. The van der Waals surface area contributed by atoms with Crippen LogP contribution in [0.4, 0.5) is 0 Å². The second-order valence-corrected chi connectivity index (χ2v) is 5.68. The third kappa shape index (κ3) is 4.01. The molecule has 0 radical (unpaired) electrons. The SMILES string of the molecule is CC(C)CCc1ccc(S(N)(=O)=O)cc1. The molecule has 2 N–H and O–H groups in total. The second-order valence-electron chi connectivity index (χ2n) is 4.12. The molecule has 0 spiro atoms. The number of hydrogen-bond acceptors (Lipinski definition) is 2. The van der Waals surface area contributed by atoms with E-state index in [-0.39, 0.29) is 4.90 Å². The molecule has 0 saturated carbocycles. The van der Waals surface area contributed by atoms with Crippen molar-refractivity contribution in [1.29, 1.82) is 0 Å². The molecule has 4 heteroatoms. The van der Waals surface area contributed by atoms with Gasteiger partial charge in [-0.05, 0) is 36.5 Å². The monoisotopic (exact) mass is 227 g/mol. The van der Waals surface area contributed by atoms with E-state index in [0.717, 1.165) is 18.4 Å². The predicted molar refractivity (Wildman–Crippen MR) is 61.0 cm³/mol. The Hall–Kier alpha value is -0.870. The zero-order chi connectivity index (χ0) is 11.5. The number of aryl methyl sites for hydroxylation is 1. The molecule has 3 nitrogen and oxygen atoms in total. The lowest BCUT2D eigenvalue weighted by atomic mass is 10.0. The van der Waals surface area contributed by atoms with Crippen molar-refractivity contribution < 1.29 is 8.42 Å². The minimum atomic E-state index is -3.55. The van der Waals surface area contributed by atoms with Gasteiger partial charge in [-0.15, -0.1) is 0 Å². The second kappa shape index (κ2) is 4.77. The van der Waals surface area contributed by atoms with E-state index >= 15 is 0 Å². The molecular weight excluding hydrogens is 210 g/mol. The summed E-state index contributed by atoms with van der Waals surface area (Å²) in [5.41, 5.74) is 1.15. The van der Waals surface area contributed by atoms with Gasteiger partial charge in [0.2, 0.25) is 10.0 Å². The summed E-state index contributed by atoms with van der Waals surface area (Å²) < 4.78 is 22.0. The van der Waals surface area contributed by atoms with Gasteiger partial charge in [0.15, 0.2) is 0 Å². The molecule has 0 amide bonds. The summed E-state index contributed by atoms with van der Waals surface area (Å²) in [5.74, 6) is 0.655. The first-order valence-corrected chi connectivity index (χ1v) is 6.56. The number of benzene rings is 1. The minimum absolute atomic E-state index is 0.177. The molecule has 0 unspecified atom stereocenters. The number of hydrogen-bond donors (Lipinski definition) is 1. The Labute approximate surface area is 91.4 Å². The molecular formula is C11H17NO2S. The summed E-state index contributed by atoms with van der Waals surface area (Å²) in [6, 6.07) is 6.76. The Bertz CT molecular complexity index is 407. The first kappa shape index (κ1) is 12.2. The van der Waals surface area contributed by atoms with Crippen LogP contribution >= 0.6 is 0 Å². The van der Waals surface area contributed by atoms with Crippen LogP contribution in [0.5, 0.6) is 0 Å². The molecule has 1 aromatic rings. The largest absolute Gasteiger partial charge is 0.238 e. The zero-order valence-corrected chi connectivity index (χ0v) is 9.92. The number of sulfonamides is 1. The fourth-order valence-corrected chi connectivity index (χ4v) is 1.82. The Kier molecular flexibility index (Phi) is 3.88. The first-order valence-electron chi connectivity index (χ1n) is 5.01. The van der Waals surface area contributed by atoms with Crippen LogP contribution in [-0.4, -0.2) is 8.42 Å². The van der Waals surface area contributed by atoms with E-state index in [0.29, 0.717) is 5.92 Å². The summed E-state index contributed by atoms with van der Waals surface area (Å²) in [7, 11) is -3.55. The highest BCUT2D eigenvalue weighted by atomic mass is 32.2. The van der Waals surface area contributed by atoms with Gasteiger partial charge in [-0.1, -0.05) is 26.0 Å². The maximum atomic E-state index is 11.0. The van der Waals surface area contributed by atoms with Gasteiger partial charge in [-0.25, -0.2) is 13.6 Å². The summed E-state index contributed by atoms with van der Waals surface area (Å²) >= 11 is 0. The van der Waals surface area contributed by atoms with Gasteiger partial charge in [0.25, 0.3) is 0 Å². The van der Waals surface area contributed by atoms with Gasteiger partial charge in [0.05, 0.1) is 4.90 Å². The number of rotatable bonds is 4. The van der Waals surface area contributed by atoms with Gasteiger partial charge in [-0.2, -0.15) is 0 Å². The topological polar surface area (TPSA) is 60.2 Å². The lowest BCUT2D eigenvalue weighted by molar-refractivity contribution is 0.586. The normalized spacial score (nSPS) is 12.0. The molecule has 1 aromatic carbocycles. The van der Waals surface area contributed by atoms with Crippen LogP contribution < -0.4 is 5.14 Å². The third-order valence-electron chi connectivity index (χ3n) is 2.26. The molecule has 0 aromatic heterocycles. The molecule has 84 valence electrons. The van der Waals surface area contributed by atoms with E-state index in [1.165, 1.54) is 0 Å². The Morgan fingerprint density at radius 2 is 1.73 bits per heavy atom. The fourth-order valence-electron chi connectivity index (χ4n) is 1.30. The molecule has 0 aliphatic carbocycles. The van der Waals surface area contributed by atoms with Gasteiger partial charge in [-0.3, -0.25) is 0 Å². The average molecular weight is 227 g/mol. The van der Waals surface area contributed by atoms with Crippen LogP contribution in [0, 0.1) is 5.92 Å². The van der Waals surface area contributed by atoms with E-state index in [1.54, 1.807) is 12.1 Å². The molecule has 0 fully saturated rings. The van der Waals surface area contributed by atoms with Crippen molar-refractivity contribution >= 4 is 10.0 Å². The standard InChI is InChI=1S/C11H17NO2S/c1-9(2)3-4-10-5-7-11(8-6-10)15(12,13)14/h5-9H,3-4H2,1-2H3,(H2,12,13,14). The summed E-state index contributed by atoms with van der Waals surface area (Å²) in [6.07, 6.45) is 2.08. The number of primary sulfonamides is 1. The molecule has 0 atom stereocenters. The van der Waals surface area contributed by atoms with Gasteiger partial charge in [0.1, 0.15) is 0 Å². The van der Waals surface area contributed by atoms with Crippen molar-refractivity contribution in [3.63, 3.8) is 0 Å². The van der Waals surface area contributed by atoms with E-state index in [9.17, 15) is 8.42 Å². The summed E-state index contributed by atoms with van der Waals surface area (Å²) in [6.45, 7) is 4.33. The molecule has 1 rings (SSSR count). The first-order chi connectivity index (χ1) is 6.89. The van der Waals surface area contributed by atoms with Crippen molar-refractivity contribution in [2.75, 3.05) is 0 Å². The van der Waals surface area contributed by atoms with Crippen LogP contribution in [0.15, 0.2) is 29.2 Å². The van der Waals surface area contributed by atoms with Crippen LogP contribution in [0.2, 0.25) is 0 Å². The van der Waals surface area contributed by atoms with E-state index in [2.05, 4.69) is 13.8 Å². The fraction of sp³-hybridized carbons (Fsp3) is 0.455. The summed E-state index contributed by atoms with van der Waals surface area (Å²) in [4.78, 5) is 0.177. The van der Waals surface area contributed by atoms with Crippen molar-refractivity contribution in [2.45, 2.75) is 31.6 Å². The number of nitrogens with two attached hydrogens (primary N) is 1. The van der Waals surface area contributed by atoms with E-state index < -0.39 is 10.0 Å². The van der Waals surface area contributed by atoms with Crippen molar-refractivity contribution in [3.05, 3.63) is 29.8 Å². The van der Waals surface area contributed by atoms with Crippen LogP contribution in [-0.2, 0) is 16.4 Å². The lowest BCUT2D eigenvalue weighted by Crippen LogP contribution is -2.11. The van der Waals surface area contributed by atoms with Crippen LogP contribution in [0.1, 0.15) is 25.8 Å². The van der Waals surface area contributed by atoms with E-state index in [4.69, 9.17) is 5.14 Å². The molecule has 0 heterocycles. The molecule has 15 heavy (non-hydrogen) atoms. The van der Waals surface area contributed by atoms with Crippen molar-refractivity contribution in [1.82, 2.24) is 0 Å².